The Bertz CT molecular complexity index is 493. The van der Waals surface area contributed by atoms with Crippen LogP contribution in [0.15, 0.2) is 28.7 Å². The summed E-state index contributed by atoms with van der Waals surface area (Å²) in [6, 6.07) is 7.84. The van der Waals surface area contributed by atoms with Gasteiger partial charge in [-0.15, -0.1) is 5.10 Å². The minimum Gasteiger partial charge on any atom is -0.491 e. The van der Waals surface area contributed by atoms with Crippen LogP contribution in [0.5, 0.6) is 5.75 Å². The average Bonchev–Trinajstić information content (AvgIpc) is 2.79. The molecule has 0 aliphatic rings. The summed E-state index contributed by atoms with van der Waals surface area (Å²) >= 11 is 0. The third-order valence-electron chi connectivity index (χ3n) is 2.12. The highest BCUT2D eigenvalue weighted by molar-refractivity contribution is 5.53. The summed E-state index contributed by atoms with van der Waals surface area (Å²) < 4.78 is 10.8. The molecule has 0 aliphatic heterocycles. The molecule has 2 rings (SSSR count). The summed E-state index contributed by atoms with van der Waals surface area (Å²) in [7, 11) is 0. The number of anilines is 2. The number of ether oxygens (including phenoxy) is 1. The van der Waals surface area contributed by atoms with Crippen molar-refractivity contribution in [2.24, 2.45) is 5.73 Å². The second kappa shape index (κ2) is 5.50. The highest BCUT2D eigenvalue weighted by Crippen LogP contribution is 2.19. The Balaban J connectivity index is 2.01. The molecule has 0 radical (unpaired) electrons. The van der Waals surface area contributed by atoms with E-state index in [0.717, 1.165) is 11.4 Å². The molecule has 0 aliphatic carbocycles. The van der Waals surface area contributed by atoms with Gasteiger partial charge in [0, 0.05) is 5.69 Å². The molecule has 1 heterocycles. The van der Waals surface area contributed by atoms with Gasteiger partial charge in [-0.1, -0.05) is 5.10 Å². The van der Waals surface area contributed by atoms with E-state index < -0.39 is 0 Å². The van der Waals surface area contributed by atoms with Crippen molar-refractivity contribution in [3.8, 4) is 5.75 Å². The van der Waals surface area contributed by atoms with Gasteiger partial charge in [0.25, 0.3) is 0 Å². The SMILES string of the molecule is CC(C)Oc1ccc(Nc2nnc(CN)o2)cc1. The fourth-order valence-electron chi connectivity index (χ4n) is 1.40. The third kappa shape index (κ3) is 3.21. The molecular formula is C12H16N4O2. The van der Waals surface area contributed by atoms with Crippen molar-refractivity contribution in [2.45, 2.75) is 26.5 Å². The van der Waals surface area contributed by atoms with Crippen molar-refractivity contribution in [3.63, 3.8) is 0 Å². The number of nitrogens with one attached hydrogen (secondary N) is 1. The highest BCUT2D eigenvalue weighted by Gasteiger charge is 2.04. The van der Waals surface area contributed by atoms with E-state index in [1.54, 1.807) is 0 Å². The number of nitrogens with two attached hydrogens (primary N) is 1. The minimum absolute atomic E-state index is 0.159. The maximum atomic E-state index is 5.55. The molecule has 1 aromatic heterocycles. The largest absolute Gasteiger partial charge is 0.491 e. The predicted octanol–water partition coefficient (Wildman–Crippen LogP) is 2.06. The van der Waals surface area contributed by atoms with Crippen LogP contribution in [0.4, 0.5) is 11.7 Å². The van der Waals surface area contributed by atoms with Crippen molar-refractivity contribution >= 4 is 11.7 Å². The van der Waals surface area contributed by atoms with E-state index in [4.69, 9.17) is 14.9 Å². The monoisotopic (exact) mass is 248 g/mol. The fraction of sp³-hybridized carbons (Fsp3) is 0.333. The Morgan fingerprint density at radius 1 is 1.28 bits per heavy atom. The maximum Gasteiger partial charge on any atom is 0.320 e. The van der Waals surface area contributed by atoms with Crippen LogP contribution in [-0.2, 0) is 6.54 Å². The maximum absolute atomic E-state index is 5.55. The Labute approximate surface area is 105 Å². The van der Waals surface area contributed by atoms with Crippen molar-refractivity contribution in [3.05, 3.63) is 30.2 Å². The first-order valence-electron chi connectivity index (χ1n) is 5.73. The molecule has 0 unspecified atom stereocenters. The molecule has 0 saturated heterocycles. The van der Waals surface area contributed by atoms with Crippen LogP contribution in [0.25, 0.3) is 0 Å². The molecule has 3 N–H and O–H groups in total. The molecule has 2 aromatic rings. The molecule has 0 fully saturated rings. The Morgan fingerprint density at radius 3 is 2.56 bits per heavy atom. The number of benzene rings is 1. The molecule has 0 saturated carbocycles. The van der Waals surface area contributed by atoms with Gasteiger partial charge in [0.05, 0.1) is 12.6 Å². The van der Waals surface area contributed by atoms with Crippen molar-refractivity contribution in [2.75, 3.05) is 5.32 Å². The van der Waals surface area contributed by atoms with Gasteiger partial charge in [0.15, 0.2) is 0 Å². The van der Waals surface area contributed by atoms with E-state index in [1.807, 2.05) is 38.1 Å². The predicted molar refractivity (Wildman–Crippen MR) is 67.7 cm³/mol. The van der Waals surface area contributed by atoms with E-state index in [1.165, 1.54) is 0 Å². The van der Waals surface area contributed by atoms with Gasteiger partial charge in [0.1, 0.15) is 5.75 Å². The number of rotatable bonds is 5. The van der Waals surface area contributed by atoms with Crippen molar-refractivity contribution < 1.29 is 9.15 Å². The van der Waals surface area contributed by atoms with Gasteiger partial charge >= 0.3 is 6.01 Å². The normalized spacial score (nSPS) is 10.7. The number of hydrogen-bond donors (Lipinski definition) is 2. The molecule has 96 valence electrons. The Morgan fingerprint density at radius 2 is 2.00 bits per heavy atom. The van der Waals surface area contributed by atoms with Gasteiger partial charge in [-0.2, -0.15) is 0 Å². The first kappa shape index (κ1) is 12.4. The van der Waals surface area contributed by atoms with Gasteiger partial charge in [-0.3, -0.25) is 0 Å². The summed E-state index contributed by atoms with van der Waals surface area (Å²) in [6.45, 7) is 4.20. The Kier molecular flexibility index (Phi) is 3.78. The van der Waals surface area contributed by atoms with Gasteiger partial charge in [0.2, 0.25) is 5.89 Å². The summed E-state index contributed by atoms with van der Waals surface area (Å²) in [5.74, 6) is 1.22. The standard InChI is InChI=1S/C12H16N4O2/c1-8(2)17-10-5-3-9(4-6-10)14-12-16-15-11(7-13)18-12/h3-6,8H,7,13H2,1-2H3,(H,14,16). The second-order valence-corrected chi connectivity index (χ2v) is 4.02. The summed E-state index contributed by atoms with van der Waals surface area (Å²) in [5, 5.41) is 10.6. The van der Waals surface area contributed by atoms with E-state index in [2.05, 4.69) is 15.5 Å². The lowest BCUT2D eigenvalue weighted by atomic mass is 10.3. The molecule has 0 spiro atoms. The zero-order valence-corrected chi connectivity index (χ0v) is 10.4. The van der Waals surface area contributed by atoms with E-state index in [-0.39, 0.29) is 12.6 Å². The fourth-order valence-corrected chi connectivity index (χ4v) is 1.40. The molecule has 1 aromatic carbocycles. The molecule has 6 heteroatoms. The van der Waals surface area contributed by atoms with E-state index in [0.29, 0.717) is 11.9 Å². The lowest BCUT2D eigenvalue weighted by Gasteiger charge is -2.09. The van der Waals surface area contributed by atoms with Crippen molar-refractivity contribution in [1.29, 1.82) is 0 Å². The summed E-state index contributed by atoms with van der Waals surface area (Å²) in [5.41, 5.74) is 6.23. The molecule has 18 heavy (non-hydrogen) atoms. The van der Waals surface area contributed by atoms with Crippen LogP contribution >= 0.6 is 0 Å². The molecular weight excluding hydrogens is 232 g/mol. The van der Waals surface area contributed by atoms with Crippen LogP contribution in [0, 0.1) is 0 Å². The van der Waals surface area contributed by atoms with Crippen LogP contribution in [0.3, 0.4) is 0 Å². The van der Waals surface area contributed by atoms with Crippen LogP contribution < -0.4 is 15.8 Å². The van der Waals surface area contributed by atoms with Crippen molar-refractivity contribution in [1.82, 2.24) is 10.2 Å². The van der Waals surface area contributed by atoms with Gasteiger partial charge in [-0.25, -0.2) is 0 Å². The van der Waals surface area contributed by atoms with Gasteiger partial charge < -0.3 is 20.2 Å². The Hall–Kier alpha value is -2.08. The second-order valence-electron chi connectivity index (χ2n) is 4.02. The average molecular weight is 248 g/mol. The topological polar surface area (TPSA) is 86.2 Å². The van der Waals surface area contributed by atoms with Crippen LogP contribution in [0.2, 0.25) is 0 Å². The smallest absolute Gasteiger partial charge is 0.320 e. The number of hydrogen-bond acceptors (Lipinski definition) is 6. The van der Waals surface area contributed by atoms with Gasteiger partial charge in [-0.05, 0) is 38.1 Å². The van der Waals surface area contributed by atoms with E-state index in [9.17, 15) is 0 Å². The van der Waals surface area contributed by atoms with E-state index >= 15 is 0 Å². The quantitative estimate of drug-likeness (QED) is 0.842. The first-order valence-corrected chi connectivity index (χ1v) is 5.73. The highest BCUT2D eigenvalue weighted by atomic mass is 16.5. The summed E-state index contributed by atoms with van der Waals surface area (Å²) in [6.07, 6.45) is 0.159. The summed E-state index contributed by atoms with van der Waals surface area (Å²) in [4.78, 5) is 0. The van der Waals surface area contributed by atoms with Crippen LogP contribution in [0.1, 0.15) is 19.7 Å². The molecule has 0 bridgehead atoms. The minimum atomic E-state index is 0.159. The molecule has 6 nitrogen and oxygen atoms in total. The zero-order valence-electron chi connectivity index (χ0n) is 10.4. The van der Waals surface area contributed by atoms with Crippen LogP contribution in [-0.4, -0.2) is 16.3 Å². The molecule has 0 amide bonds. The first-order chi connectivity index (χ1) is 8.67. The number of nitrogens with zero attached hydrogens (tertiary/aromatic N) is 2. The number of aromatic nitrogens is 2. The zero-order chi connectivity index (χ0) is 13.0. The lowest BCUT2D eigenvalue weighted by molar-refractivity contribution is 0.242. The molecule has 0 atom stereocenters. The lowest BCUT2D eigenvalue weighted by Crippen LogP contribution is -2.05. The third-order valence-corrected chi connectivity index (χ3v) is 2.12.